The molecule has 0 atom stereocenters. The molecule has 36 heavy (non-hydrogen) atoms. The van der Waals surface area contributed by atoms with E-state index in [1.165, 1.54) is 24.3 Å². The first-order valence-corrected chi connectivity index (χ1v) is 14.1. The van der Waals surface area contributed by atoms with Crippen molar-refractivity contribution < 1.29 is 13.2 Å². The lowest BCUT2D eigenvalue weighted by Gasteiger charge is -2.13. The van der Waals surface area contributed by atoms with Crippen LogP contribution in [-0.2, 0) is 14.8 Å². The van der Waals surface area contributed by atoms with Gasteiger partial charge >= 0.3 is 0 Å². The molecule has 6 N–H and O–H groups in total. The number of aromatic nitrogens is 1. The summed E-state index contributed by atoms with van der Waals surface area (Å²) in [5, 5.41) is 10.2. The summed E-state index contributed by atoms with van der Waals surface area (Å²) in [4.78, 5) is 16.8. The average molecular weight is 547 g/mol. The van der Waals surface area contributed by atoms with E-state index in [4.69, 9.17) is 18.0 Å². The molecule has 0 unspecified atom stereocenters. The van der Waals surface area contributed by atoms with Crippen molar-refractivity contribution in [1.82, 2.24) is 15.0 Å². The van der Waals surface area contributed by atoms with E-state index in [1.807, 2.05) is 38.1 Å². The lowest BCUT2D eigenvalue weighted by atomic mass is 10.2. The topological polar surface area (TPSA) is 138 Å². The molecule has 192 valence electrons. The zero-order valence-corrected chi connectivity index (χ0v) is 22.7. The van der Waals surface area contributed by atoms with E-state index in [1.54, 1.807) is 18.3 Å². The Labute approximate surface area is 221 Å². The predicted molar refractivity (Wildman–Crippen MR) is 151 cm³/mol. The van der Waals surface area contributed by atoms with Crippen LogP contribution in [0.25, 0.3) is 21.0 Å². The van der Waals surface area contributed by atoms with Crippen LogP contribution in [0.1, 0.15) is 27.2 Å². The molecule has 12 heteroatoms. The molecule has 2 aromatic carbocycles. The molecule has 0 fully saturated rings. The second-order valence-corrected chi connectivity index (χ2v) is 11.5. The number of nitrogens with one attached hydrogen (secondary N) is 4. The molecule has 3 aromatic rings. The van der Waals surface area contributed by atoms with Gasteiger partial charge in [0.25, 0.3) is 0 Å². The van der Waals surface area contributed by atoms with E-state index in [0.717, 1.165) is 16.3 Å². The van der Waals surface area contributed by atoms with E-state index in [0.29, 0.717) is 34.2 Å². The van der Waals surface area contributed by atoms with Crippen molar-refractivity contribution in [2.75, 3.05) is 23.7 Å². The third kappa shape index (κ3) is 7.55. The SMILES string of the molecule is CC(=O)Nc1ccc(-c2cnc(-c3ccc(NC(=S)NC(C)C)cc3)s2)c(S(=O)(=O)NCCCN)c1. The second-order valence-electron chi connectivity index (χ2n) is 8.29. The number of carbonyl (C=O) groups is 1. The number of hydrogen-bond acceptors (Lipinski definition) is 7. The largest absolute Gasteiger partial charge is 0.360 e. The van der Waals surface area contributed by atoms with Gasteiger partial charge in [0.1, 0.15) is 5.01 Å². The highest BCUT2D eigenvalue weighted by atomic mass is 32.2. The van der Waals surface area contributed by atoms with Gasteiger partial charge in [-0.25, -0.2) is 18.1 Å². The highest BCUT2D eigenvalue weighted by Crippen LogP contribution is 2.37. The van der Waals surface area contributed by atoms with Gasteiger partial charge in [-0.3, -0.25) is 4.79 Å². The molecule has 0 radical (unpaired) electrons. The Morgan fingerprint density at radius 2 is 1.81 bits per heavy atom. The minimum absolute atomic E-state index is 0.0617. The number of anilines is 2. The molecule has 1 amide bonds. The van der Waals surface area contributed by atoms with Crippen molar-refractivity contribution in [3.05, 3.63) is 48.7 Å². The number of rotatable bonds is 10. The first kappa shape index (κ1) is 27.7. The van der Waals surface area contributed by atoms with E-state index < -0.39 is 10.0 Å². The predicted octanol–water partition coefficient (Wildman–Crippen LogP) is 3.76. The van der Waals surface area contributed by atoms with E-state index in [2.05, 4.69) is 25.7 Å². The van der Waals surface area contributed by atoms with Crippen molar-refractivity contribution in [1.29, 1.82) is 0 Å². The third-order valence-corrected chi connectivity index (χ3v) is 7.65. The number of hydrogen-bond donors (Lipinski definition) is 5. The molecule has 0 aliphatic rings. The fraction of sp³-hybridized carbons (Fsp3) is 0.292. The Balaban J connectivity index is 1.90. The highest BCUT2D eigenvalue weighted by Gasteiger charge is 2.22. The molecule has 1 heterocycles. The van der Waals surface area contributed by atoms with Gasteiger partial charge in [0.15, 0.2) is 5.11 Å². The van der Waals surface area contributed by atoms with Crippen LogP contribution in [0.15, 0.2) is 53.6 Å². The lowest BCUT2D eigenvalue weighted by molar-refractivity contribution is -0.114. The van der Waals surface area contributed by atoms with Crippen LogP contribution in [0.2, 0.25) is 0 Å². The lowest BCUT2D eigenvalue weighted by Crippen LogP contribution is -2.33. The van der Waals surface area contributed by atoms with E-state index in [-0.39, 0.29) is 23.4 Å². The zero-order chi connectivity index (χ0) is 26.3. The smallest absolute Gasteiger partial charge is 0.241 e. The minimum atomic E-state index is -3.86. The molecule has 3 rings (SSSR count). The first-order valence-electron chi connectivity index (χ1n) is 11.3. The maximum atomic E-state index is 13.1. The maximum Gasteiger partial charge on any atom is 0.241 e. The molecule has 0 spiro atoms. The number of sulfonamides is 1. The van der Waals surface area contributed by atoms with Crippen LogP contribution in [0.4, 0.5) is 11.4 Å². The highest BCUT2D eigenvalue weighted by molar-refractivity contribution is 7.89. The number of benzene rings is 2. The summed E-state index contributed by atoms with van der Waals surface area (Å²) in [5.74, 6) is -0.291. The van der Waals surface area contributed by atoms with Gasteiger partial charge in [-0.15, -0.1) is 11.3 Å². The molecule has 0 saturated carbocycles. The summed E-state index contributed by atoms with van der Waals surface area (Å²) < 4.78 is 28.8. The molecular weight excluding hydrogens is 517 g/mol. The second kappa shape index (κ2) is 12.4. The summed E-state index contributed by atoms with van der Waals surface area (Å²) in [5.41, 5.74) is 8.13. The molecule has 0 aliphatic carbocycles. The minimum Gasteiger partial charge on any atom is -0.360 e. The number of nitrogens with two attached hydrogens (primary N) is 1. The Morgan fingerprint density at radius 1 is 1.11 bits per heavy atom. The fourth-order valence-electron chi connectivity index (χ4n) is 3.27. The van der Waals surface area contributed by atoms with Crippen LogP contribution >= 0.6 is 23.6 Å². The zero-order valence-electron chi connectivity index (χ0n) is 20.3. The van der Waals surface area contributed by atoms with Gasteiger partial charge in [0.2, 0.25) is 15.9 Å². The molecule has 1 aromatic heterocycles. The van der Waals surface area contributed by atoms with Crippen molar-refractivity contribution >= 4 is 56.0 Å². The molecule has 9 nitrogen and oxygen atoms in total. The van der Waals surface area contributed by atoms with Crippen LogP contribution in [0.3, 0.4) is 0 Å². The number of carbonyl (C=O) groups excluding carboxylic acids is 1. The van der Waals surface area contributed by atoms with Crippen LogP contribution in [0.5, 0.6) is 0 Å². The Kier molecular flexibility index (Phi) is 9.51. The van der Waals surface area contributed by atoms with Gasteiger partial charge < -0.3 is 21.7 Å². The third-order valence-electron chi connectivity index (χ3n) is 4.85. The monoisotopic (exact) mass is 546 g/mol. The van der Waals surface area contributed by atoms with Crippen molar-refractivity contribution in [2.45, 2.75) is 38.1 Å². The van der Waals surface area contributed by atoms with E-state index in [9.17, 15) is 13.2 Å². The Hall–Kier alpha value is -2.90. The van der Waals surface area contributed by atoms with Gasteiger partial charge in [0.05, 0.1) is 9.77 Å². The quantitative estimate of drug-likeness (QED) is 0.191. The normalized spacial score (nSPS) is 11.4. The maximum absolute atomic E-state index is 13.1. The number of amides is 1. The number of thiazole rings is 1. The molecule has 0 aliphatic heterocycles. The van der Waals surface area contributed by atoms with Crippen molar-refractivity contribution in [2.24, 2.45) is 5.73 Å². The summed E-state index contributed by atoms with van der Waals surface area (Å²) in [6.07, 6.45) is 2.16. The van der Waals surface area contributed by atoms with Crippen molar-refractivity contribution in [3.63, 3.8) is 0 Å². The standard InChI is InChI=1S/C24H30N6O3S3/c1-15(2)28-24(34)30-18-7-5-17(6-8-18)23-26-14-21(35-23)20-10-9-19(29-16(3)31)13-22(20)36(32,33)27-12-4-11-25/h5-10,13-15,27H,4,11-12,25H2,1-3H3,(H,29,31)(H2,28,30,34). The fourth-order valence-corrected chi connectivity index (χ4v) is 5.97. The van der Waals surface area contributed by atoms with Crippen LogP contribution < -0.4 is 26.4 Å². The van der Waals surface area contributed by atoms with Crippen LogP contribution in [-0.4, -0.2) is 43.6 Å². The number of nitrogens with zero attached hydrogens (tertiary/aromatic N) is 1. The Morgan fingerprint density at radius 3 is 2.44 bits per heavy atom. The molecule has 0 saturated heterocycles. The van der Waals surface area contributed by atoms with Gasteiger partial charge in [-0.05, 0) is 75.4 Å². The van der Waals surface area contributed by atoms with E-state index >= 15 is 0 Å². The first-order chi connectivity index (χ1) is 17.1. The van der Waals surface area contributed by atoms with Gasteiger partial charge in [-0.2, -0.15) is 0 Å². The van der Waals surface area contributed by atoms with Crippen molar-refractivity contribution in [3.8, 4) is 21.0 Å². The average Bonchev–Trinajstić information content (AvgIpc) is 3.29. The summed E-state index contributed by atoms with van der Waals surface area (Å²) in [6, 6.07) is 12.7. The van der Waals surface area contributed by atoms with Gasteiger partial charge in [-0.1, -0.05) is 6.07 Å². The Bertz CT molecular complexity index is 1320. The summed E-state index contributed by atoms with van der Waals surface area (Å²) in [7, 11) is -3.86. The molecular formula is C24H30N6O3S3. The molecule has 0 bridgehead atoms. The summed E-state index contributed by atoms with van der Waals surface area (Å²) >= 11 is 6.66. The van der Waals surface area contributed by atoms with Crippen LogP contribution in [0, 0.1) is 0 Å². The summed E-state index contributed by atoms with van der Waals surface area (Å²) in [6.45, 7) is 5.97. The number of thiocarbonyl (C=S) groups is 1. The van der Waals surface area contributed by atoms with Gasteiger partial charge in [0, 0.05) is 48.2 Å².